The highest BCUT2D eigenvalue weighted by Crippen LogP contribution is 2.25. The highest BCUT2D eigenvalue weighted by Gasteiger charge is 2.18. The van der Waals surface area contributed by atoms with E-state index in [1.807, 2.05) is 0 Å². The molecule has 0 spiro atoms. The van der Waals surface area contributed by atoms with Crippen molar-refractivity contribution in [1.29, 1.82) is 0 Å². The molecule has 0 aromatic carbocycles. The van der Waals surface area contributed by atoms with Crippen LogP contribution in [0.2, 0.25) is 0 Å². The van der Waals surface area contributed by atoms with Crippen LogP contribution in [-0.2, 0) is 12.8 Å². The molecule has 0 atom stereocenters. The average molecular weight is 195 g/mol. The molecule has 1 aromatic rings. The number of aromatic nitrogens is 1. The first-order valence-corrected chi connectivity index (χ1v) is 5.50. The van der Waals surface area contributed by atoms with Crippen LogP contribution in [0.1, 0.15) is 52.1 Å². The molecule has 1 rings (SSSR count). The lowest BCUT2D eigenvalue weighted by Crippen LogP contribution is -2.13. The van der Waals surface area contributed by atoms with Crippen LogP contribution in [0.5, 0.6) is 0 Å². The van der Waals surface area contributed by atoms with Gasteiger partial charge in [0, 0.05) is 6.42 Å². The zero-order chi connectivity index (χ0) is 10.6. The SMILES string of the molecule is CCCc1coc(CC(C)(C)CC)n1. The molecule has 2 heteroatoms. The fraction of sp³-hybridized carbons (Fsp3) is 0.750. The van der Waals surface area contributed by atoms with E-state index in [9.17, 15) is 0 Å². The molecule has 0 aliphatic rings. The van der Waals surface area contributed by atoms with Crippen LogP contribution in [0.25, 0.3) is 0 Å². The van der Waals surface area contributed by atoms with E-state index in [-0.39, 0.29) is 0 Å². The molecule has 0 saturated heterocycles. The summed E-state index contributed by atoms with van der Waals surface area (Å²) in [6, 6.07) is 0. The molecule has 0 radical (unpaired) electrons. The molecule has 1 heterocycles. The Kier molecular flexibility index (Phi) is 3.73. The second-order valence-electron chi connectivity index (χ2n) is 4.68. The van der Waals surface area contributed by atoms with Gasteiger partial charge in [0.25, 0.3) is 0 Å². The topological polar surface area (TPSA) is 26.0 Å². The smallest absolute Gasteiger partial charge is 0.194 e. The third-order valence-electron chi connectivity index (χ3n) is 2.69. The lowest BCUT2D eigenvalue weighted by atomic mass is 9.86. The molecule has 0 fully saturated rings. The zero-order valence-electron chi connectivity index (χ0n) is 9.76. The highest BCUT2D eigenvalue weighted by atomic mass is 16.3. The largest absolute Gasteiger partial charge is 0.449 e. The summed E-state index contributed by atoms with van der Waals surface area (Å²) in [5.41, 5.74) is 1.39. The second kappa shape index (κ2) is 4.63. The molecule has 0 saturated carbocycles. The van der Waals surface area contributed by atoms with Gasteiger partial charge in [-0.3, -0.25) is 0 Å². The van der Waals surface area contributed by atoms with Gasteiger partial charge in [-0.05, 0) is 11.8 Å². The number of rotatable bonds is 5. The van der Waals surface area contributed by atoms with Crippen LogP contribution in [0.3, 0.4) is 0 Å². The number of nitrogens with zero attached hydrogens (tertiary/aromatic N) is 1. The first kappa shape index (κ1) is 11.3. The van der Waals surface area contributed by atoms with E-state index < -0.39 is 0 Å². The molecule has 1 aromatic heterocycles. The molecule has 0 aliphatic heterocycles. The monoisotopic (exact) mass is 195 g/mol. The van der Waals surface area contributed by atoms with Crippen molar-refractivity contribution in [1.82, 2.24) is 4.98 Å². The maximum absolute atomic E-state index is 5.44. The molecular weight excluding hydrogens is 174 g/mol. The van der Waals surface area contributed by atoms with Crippen LogP contribution in [-0.4, -0.2) is 4.98 Å². The maximum atomic E-state index is 5.44. The minimum atomic E-state index is 0.300. The molecule has 0 aliphatic carbocycles. The van der Waals surface area contributed by atoms with E-state index in [2.05, 4.69) is 32.7 Å². The van der Waals surface area contributed by atoms with Crippen molar-refractivity contribution in [3.63, 3.8) is 0 Å². The van der Waals surface area contributed by atoms with Gasteiger partial charge in [0.05, 0.1) is 5.69 Å². The third kappa shape index (κ3) is 3.17. The van der Waals surface area contributed by atoms with Crippen LogP contribution in [0, 0.1) is 5.41 Å². The number of oxazole rings is 1. The number of aryl methyl sites for hydroxylation is 1. The van der Waals surface area contributed by atoms with E-state index in [0.717, 1.165) is 37.3 Å². The fourth-order valence-electron chi connectivity index (χ4n) is 1.34. The average Bonchev–Trinajstić information content (AvgIpc) is 2.53. The Bertz CT molecular complexity index is 276. The quantitative estimate of drug-likeness (QED) is 0.717. The predicted octanol–water partition coefficient (Wildman–Crippen LogP) is 3.61. The van der Waals surface area contributed by atoms with Gasteiger partial charge in [0.2, 0.25) is 0 Å². The standard InChI is InChI=1S/C12H21NO/c1-5-7-10-9-14-11(13-10)8-12(3,4)6-2/h9H,5-8H2,1-4H3. The second-order valence-corrected chi connectivity index (χ2v) is 4.68. The van der Waals surface area contributed by atoms with Gasteiger partial charge >= 0.3 is 0 Å². The van der Waals surface area contributed by atoms with Gasteiger partial charge in [-0.15, -0.1) is 0 Å². The Balaban J connectivity index is 2.59. The minimum Gasteiger partial charge on any atom is -0.449 e. The summed E-state index contributed by atoms with van der Waals surface area (Å²) in [7, 11) is 0. The van der Waals surface area contributed by atoms with Crippen LogP contribution in [0.4, 0.5) is 0 Å². The lowest BCUT2D eigenvalue weighted by Gasteiger charge is -2.19. The predicted molar refractivity (Wildman–Crippen MR) is 58.3 cm³/mol. The Labute approximate surface area is 86.7 Å². The van der Waals surface area contributed by atoms with Gasteiger partial charge in [0.15, 0.2) is 5.89 Å². The maximum Gasteiger partial charge on any atom is 0.194 e. The third-order valence-corrected chi connectivity index (χ3v) is 2.69. The van der Waals surface area contributed by atoms with Gasteiger partial charge in [-0.25, -0.2) is 4.98 Å². The lowest BCUT2D eigenvalue weighted by molar-refractivity contribution is 0.310. The number of hydrogen-bond donors (Lipinski definition) is 0. The first-order valence-electron chi connectivity index (χ1n) is 5.50. The summed E-state index contributed by atoms with van der Waals surface area (Å²) in [5, 5.41) is 0. The normalized spacial score (nSPS) is 12.0. The molecule has 0 amide bonds. The van der Waals surface area contributed by atoms with Gasteiger partial charge in [0.1, 0.15) is 6.26 Å². The van der Waals surface area contributed by atoms with Crippen molar-refractivity contribution in [2.24, 2.45) is 5.41 Å². The summed E-state index contributed by atoms with van der Waals surface area (Å²) >= 11 is 0. The fourth-order valence-corrected chi connectivity index (χ4v) is 1.34. The van der Waals surface area contributed by atoms with Crippen LogP contribution < -0.4 is 0 Å². The van der Waals surface area contributed by atoms with Gasteiger partial charge < -0.3 is 4.42 Å². The Morgan fingerprint density at radius 2 is 2.07 bits per heavy atom. The Hall–Kier alpha value is -0.790. The van der Waals surface area contributed by atoms with Crippen LogP contribution in [0.15, 0.2) is 10.7 Å². The molecular formula is C12H21NO. The molecule has 0 N–H and O–H groups in total. The minimum absolute atomic E-state index is 0.300. The molecule has 0 unspecified atom stereocenters. The zero-order valence-corrected chi connectivity index (χ0v) is 9.76. The number of hydrogen-bond acceptors (Lipinski definition) is 2. The van der Waals surface area contributed by atoms with Gasteiger partial charge in [-0.2, -0.15) is 0 Å². The van der Waals surface area contributed by atoms with Crippen molar-refractivity contribution in [3.05, 3.63) is 17.8 Å². The van der Waals surface area contributed by atoms with Crippen LogP contribution >= 0.6 is 0 Å². The summed E-state index contributed by atoms with van der Waals surface area (Å²) in [6.07, 6.45) is 6.04. The highest BCUT2D eigenvalue weighted by molar-refractivity contribution is 4.98. The van der Waals surface area contributed by atoms with E-state index in [1.54, 1.807) is 6.26 Å². The van der Waals surface area contributed by atoms with E-state index in [0.29, 0.717) is 5.41 Å². The van der Waals surface area contributed by atoms with E-state index in [1.165, 1.54) is 0 Å². The van der Waals surface area contributed by atoms with E-state index in [4.69, 9.17) is 4.42 Å². The van der Waals surface area contributed by atoms with Crippen molar-refractivity contribution in [2.45, 2.75) is 53.4 Å². The molecule has 14 heavy (non-hydrogen) atoms. The Morgan fingerprint density at radius 3 is 2.64 bits per heavy atom. The molecule has 80 valence electrons. The summed E-state index contributed by atoms with van der Waals surface area (Å²) in [4.78, 5) is 4.47. The van der Waals surface area contributed by atoms with Crippen molar-refractivity contribution in [3.8, 4) is 0 Å². The first-order chi connectivity index (χ1) is 6.57. The Morgan fingerprint density at radius 1 is 1.36 bits per heavy atom. The molecule has 0 bridgehead atoms. The van der Waals surface area contributed by atoms with Crippen molar-refractivity contribution in [2.75, 3.05) is 0 Å². The van der Waals surface area contributed by atoms with Gasteiger partial charge in [-0.1, -0.05) is 40.5 Å². The molecule has 2 nitrogen and oxygen atoms in total. The summed E-state index contributed by atoms with van der Waals surface area (Å²) in [6.45, 7) is 8.85. The van der Waals surface area contributed by atoms with E-state index >= 15 is 0 Å². The summed E-state index contributed by atoms with van der Waals surface area (Å²) in [5.74, 6) is 0.889. The van der Waals surface area contributed by atoms with Crippen molar-refractivity contribution < 1.29 is 4.42 Å². The summed E-state index contributed by atoms with van der Waals surface area (Å²) < 4.78 is 5.44. The van der Waals surface area contributed by atoms with Crippen molar-refractivity contribution >= 4 is 0 Å².